The number of nitrogens with zero attached hydrogens (tertiary/aromatic N) is 3. The van der Waals surface area contributed by atoms with Crippen LogP contribution in [-0.2, 0) is 53.1 Å². The minimum atomic E-state index is -4.92. The van der Waals surface area contributed by atoms with E-state index in [2.05, 4.69) is 17.0 Å². The van der Waals surface area contributed by atoms with E-state index in [4.69, 9.17) is 9.47 Å². The van der Waals surface area contributed by atoms with Gasteiger partial charge < -0.3 is 19.7 Å². The topological polar surface area (TPSA) is 181 Å². The van der Waals surface area contributed by atoms with Crippen molar-refractivity contribution >= 4 is 46.6 Å². The molecule has 322 valence electrons. The van der Waals surface area contributed by atoms with Crippen molar-refractivity contribution in [1.29, 1.82) is 0 Å². The van der Waals surface area contributed by atoms with Crippen molar-refractivity contribution in [3.63, 3.8) is 0 Å². The van der Waals surface area contributed by atoms with E-state index in [-0.39, 0.29) is 38.4 Å². The van der Waals surface area contributed by atoms with Crippen LogP contribution in [0.25, 0.3) is 0 Å². The number of sulfonamides is 1. The first-order valence-corrected chi connectivity index (χ1v) is 20.9. The van der Waals surface area contributed by atoms with Gasteiger partial charge in [0.1, 0.15) is 29.6 Å². The molecule has 5 rings (SSSR count). The van der Waals surface area contributed by atoms with Gasteiger partial charge in [0.05, 0.1) is 23.5 Å². The maximum Gasteiger partial charge on any atom is 0.417 e. The molecule has 2 fully saturated rings. The van der Waals surface area contributed by atoms with Crippen molar-refractivity contribution in [2.75, 3.05) is 6.54 Å². The Morgan fingerprint density at radius 3 is 2.32 bits per heavy atom. The number of likely N-dealkylation sites (tertiary alicyclic amines) is 1. The number of benzene rings is 2. The highest BCUT2D eigenvalue weighted by atomic mass is 32.2. The van der Waals surface area contributed by atoms with Gasteiger partial charge in [-0.05, 0) is 76.4 Å². The molecule has 1 saturated carbocycles. The van der Waals surface area contributed by atoms with Gasteiger partial charge in [0.15, 0.2) is 0 Å². The fourth-order valence-electron chi connectivity index (χ4n) is 7.47. The molecule has 5 atom stereocenters. The lowest BCUT2D eigenvalue weighted by Crippen LogP contribution is -2.52. The fourth-order valence-corrected chi connectivity index (χ4v) is 8.73. The first-order chi connectivity index (χ1) is 27.7. The molecular weight excluding hydrogens is 803 g/mol. The van der Waals surface area contributed by atoms with Gasteiger partial charge >= 0.3 is 18.4 Å². The summed E-state index contributed by atoms with van der Waals surface area (Å²) in [4.78, 5) is 70.5. The minimum absolute atomic E-state index is 0.00610. The largest absolute Gasteiger partial charge is 0.444 e. The SMILES string of the molecule is C=NC(=O)[C@@H]1C[C@@H](OC(=O)N2Cc3cccc(F)c3C2)CN1C(=O)[C@H](CCCCCCC[C@@H]1C[C@@H]1C(=O)NS(=O)(=O)c1ccccc1C(F)(F)F)NC(=O)OC(C)(C)C. The lowest BCUT2D eigenvalue weighted by atomic mass is 10.0. The molecule has 0 bridgehead atoms. The lowest BCUT2D eigenvalue weighted by Gasteiger charge is -2.28. The van der Waals surface area contributed by atoms with E-state index in [1.54, 1.807) is 37.6 Å². The average molecular weight is 852 g/mol. The number of halogens is 4. The number of fused-ring (bicyclic) bond motifs is 1. The lowest BCUT2D eigenvalue weighted by molar-refractivity contribution is -0.140. The second kappa shape index (κ2) is 18.5. The molecule has 2 aromatic carbocycles. The van der Waals surface area contributed by atoms with Crippen LogP contribution >= 0.6 is 0 Å². The van der Waals surface area contributed by atoms with Crippen LogP contribution in [0.2, 0.25) is 0 Å². The third-order valence-corrected chi connectivity index (χ3v) is 11.9. The quantitative estimate of drug-likeness (QED) is 0.119. The number of carbonyl (C=O) groups is 5. The first kappa shape index (κ1) is 45.0. The third-order valence-electron chi connectivity index (χ3n) is 10.5. The number of ether oxygens (including phenoxy) is 2. The van der Waals surface area contributed by atoms with E-state index in [0.717, 1.165) is 24.6 Å². The van der Waals surface area contributed by atoms with Gasteiger partial charge in [0.2, 0.25) is 11.8 Å². The van der Waals surface area contributed by atoms with Crippen LogP contribution in [-0.4, -0.2) is 85.2 Å². The number of aliphatic imine (C=N–C) groups is 1. The average Bonchev–Trinajstić information content (AvgIpc) is 3.59. The van der Waals surface area contributed by atoms with Gasteiger partial charge in [-0.15, -0.1) is 0 Å². The number of carbonyl (C=O) groups excluding carboxylic acids is 5. The Labute approximate surface area is 340 Å². The summed E-state index contributed by atoms with van der Waals surface area (Å²) in [5, 5.41) is 2.62. The molecule has 1 aliphatic carbocycles. The van der Waals surface area contributed by atoms with E-state index in [1.165, 1.54) is 15.9 Å². The molecule has 2 N–H and O–H groups in total. The highest BCUT2D eigenvalue weighted by Gasteiger charge is 2.46. The molecule has 3 aliphatic rings. The molecule has 0 aromatic heterocycles. The van der Waals surface area contributed by atoms with Crippen molar-refractivity contribution in [2.45, 2.75) is 127 Å². The number of rotatable bonds is 15. The van der Waals surface area contributed by atoms with Crippen LogP contribution < -0.4 is 10.0 Å². The first-order valence-electron chi connectivity index (χ1n) is 19.4. The van der Waals surface area contributed by atoms with Gasteiger partial charge in [0.25, 0.3) is 15.9 Å². The van der Waals surface area contributed by atoms with Gasteiger partial charge in [-0.25, -0.2) is 32.1 Å². The number of alkyl halides is 3. The predicted molar refractivity (Wildman–Crippen MR) is 204 cm³/mol. The Bertz CT molecular complexity index is 2040. The second-order valence-corrected chi connectivity index (χ2v) is 17.7. The maximum absolute atomic E-state index is 14.3. The zero-order chi connectivity index (χ0) is 43.3. The zero-order valence-electron chi connectivity index (χ0n) is 33.1. The van der Waals surface area contributed by atoms with E-state index in [9.17, 15) is 50.0 Å². The fraction of sp³-hybridized carbons (Fsp3) is 0.550. The van der Waals surface area contributed by atoms with Crippen LogP contribution in [0, 0.1) is 17.7 Å². The number of unbranched alkanes of at least 4 members (excludes halogenated alkanes) is 4. The predicted octanol–water partition coefficient (Wildman–Crippen LogP) is 6.26. The summed E-state index contributed by atoms with van der Waals surface area (Å²) in [7, 11) is -4.74. The van der Waals surface area contributed by atoms with Crippen LogP contribution in [0.1, 0.15) is 95.2 Å². The summed E-state index contributed by atoms with van der Waals surface area (Å²) in [6, 6.07) is 6.00. The summed E-state index contributed by atoms with van der Waals surface area (Å²) in [6.07, 6.45) is -3.00. The molecule has 5 amide bonds. The van der Waals surface area contributed by atoms with Crippen LogP contribution in [0.5, 0.6) is 0 Å². The molecule has 2 aromatic rings. The van der Waals surface area contributed by atoms with Crippen LogP contribution in [0.3, 0.4) is 0 Å². The Kier molecular flexibility index (Phi) is 14.1. The highest BCUT2D eigenvalue weighted by Crippen LogP contribution is 2.43. The van der Waals surface area contributed by atoms with Crippen molar-refractivity contribution < 1.29 is 59.4 Å². The summed E-state index contributed by atoms with van der Waals surface area (Å²) >= 11 is 0. The Morgan fingerprint density at radius 2 is 1.64 bits per heavy atom. The normalized spacial score (nSPS) is 20.7. The van der Waals surface area contributed by atoms with E-state index in [0.29, 0.717) is 55.7 Å². The van der Waals surface area contributed by atoms with Crippen molar-refractivity contribution in [1.82, 2.24) is 19.8 Å². The molecule has 14 nitrogen and oxygen atoms in total. The highest BCUT2D eigenvalue weighted by molar-refractivity contribution is 7.90. The number of alkyl carbamates (subject to hydrolysis) is 1. The van der Waals surface area contributed by atoms with Crippen molar-refractivity contribution in [3.8, 4) is 0 Å². The zero-order valence-corrected chi connectivity index (χ0v) is 33.9. The van der Waals surface area contributed by atoms with Gasteiger partial charge in [0, 0.05) is 24.4 Å². The Morgan fingerprint density at radius 1 is 0.949 bits per heavy atom. The summed E-state index contributed by atoms with van der Waals surface area (Å²) < 4.78 is 92.6. The number of nitrogens with one attached hydrogen (secondary N) is 2. The third kappa shape index (κ3) is 11.8. The number of amides is 5. The monoisotopic (exact) mass is 851 g/mol. The molecule has 2 heterocycles. The standard InChI is InChI=1S/C40H49F4N5O9S/c1-39(2,3)58-37(53)46-31(36(52)49-22-26(20-32(49)35(51)45-4)57-38(54)48-21-25-14-12-16-30(41)28(25)23-48)17-9-7-5-6-8-13-24-19-27(24)34(50)47-59(55,56)33-18-11-10-15-29(33)40(42,43)44/h10-12,14-16,18,24,26-27,31-32H,4-9,13,17,19-23H2,1-3H3,(H,46,53)(H,47,50)/t24-,26-,27+,31+,32+/m1/s1. The van der Waals surface area contributed by atoms with E-state index in [1.807, 2.05) is 0 Å². The van der Waals surface area contributed by atoms with Crippen LogP contribution in [0.15, 0.2) is 52.4 Å². The molecule has 1 saturated heterocycles. The molecule has 0 spiro atoms. The maximum atomic E-state index is 14.3. The van der Waals surface area contributed by atoms with Crippen LogP contribution in [0.4, 0.5) is 27.2 Å². The van der Waals surface area contributed by atoms with E-state index < -0.39 is 92.1 Å². The molecular formula is C40H49F4N5O9S. The summed E-state index contributed by atoms with van der Waals surface area (Å²) in [6.45, 7) is 8.27. The molecule has 19 heteroatoms. The molecule has 59 heavy (non-hydrogen) atoms. The Hall–Kier alpha value is -5.07. The smallest absolute Gasteiger partial charge is 0.417 e. The molecule has 0 unspecified atom stereocenters. The minimum Gasteiger partial charge on any atom is -0.444 e. The number of hydrogen-bond acceptors (Lipinski definition) is 9. The van der Waals surface area contributed by atoms with Gasteiger partial charge in [-0.2, -0.15) is 13.2 Å². The molecule has 2 aliphatic heterocycles. The van der Waals surface area contributed by atoms with Crippen molar-refractivity contribution in [3.05, 3.63) is 65.0 Å². The second-order valence-electron chi connectivity index (χ2n) is 16.1. The van der Waals surface area contributed by atoms with Gasteiger partial charge in [-0.1, -0.05) is 56.4 Å². The summed E-state index contributed by atoms with van der Waals surface area (Å²) in [5.41, 5.74) is -1.20. The Balaban J connectivity index is 1.10. The number of hydrogen-bond donors (Lipinski definition) is 2. The molecule has 0 radical (unpaired) electrons. The van der Waals surface area contributed by atoms with Gasteiger partial charge in [-0.3, -0.25) is 19.3 Å². The van der Waals surface area contributed by atoms with Crippen molar-refractivity contribution in [2.24, 2.45) is 16.8 Å². The summed E-state index contributed by atoms with van der Waals surface area (Å²) in [5.74, 6) is -3.34. The van der Waals surface area contributed by atoms with E-state index >= 15 is 0 Å².